The summed E-state index contributed by atoms with van der Waals surface area (Å²) in [5.41, 5.74) is 0. The Morgan fingerprint density at radius 2 is 1.74 bits per heavy atom. The maximum atomic E-state index is 6.01. The van der Waals surface area contributed by atoms with E-state index in [4.69, 9.17) is 14.5 Å². The van der Waals surface area contributed by atoms with Crippen LogP contribution in [0.25, 0.3) is 0 Å². The summed E-state index contributed by atoms with van der Waals surface area (Å²) in [6.07, 6.45) is 13.5. The molecule has 5 rings (SSSR count). The van der Waals surface area contributed by atoms with Crippen molar-refractivity contribution >= 4 is 16.5 Å². The van der Waals surface area contributed by atoms with E-state index < -0.39 is 0 Å². The van der Waals surface area contributed by atoms with Crippen LogP contribution < -0.4 is 4.90 Å². The molecule has 6 nitrogen and oxygen atoms in total. The molecule has 0 N–H and O–H groups in total. The largest absolute Gasteiger partial charge is 0.378 e. The van der Waals surface area contributed by atoms with Gasteiger partial charge in [-0.15, -0.1) is 11.3 Å². The monoisotopic (exact) mass is 448 g/mol. The number of morpholine rings is 1. The van der Waals surface area contributed by atoms with Gasteiger partial charge in [-0.3, -0.25) is 4.90 Å². The van der Waals surface area contributed by atoms with E-state index in [0.29, 0.717) is 6.10 Å². The SMILES string of the molecule is c1nc(N2CCOCC2)sc1CN(CC1CCN(C2CCCC2)CC1)CC1CCCO1. The number of rotatable bonds is 8. The summed E-state index contributed by atoms with van der Waals surface area (Å²) < 4.78 is 11.5. The Labute approximate surface area is 191 Å². The van der Waals surface area contributed by atoms with Gasteiger partial charge < -0.3 is 19.3 Å². The molecule has 4 aliphatic rings. The second-order valence-corrected chi connectivity index (χ2v) is 11.0. The molecular weight excluding hydrogens is 408 g/mol. The number of piperidine rings is 1. The second kappa shape index (κ2) is 10.9. The minimum absolute atomic E-state index is 0.421. The Kier molecular flexibility index (Phi) is 7.78. The van der Waals surface area contributed by atoms with Gasteiger partial charge in [0.25, 0.3) is 0 Å². The highest BCUT2D eigenvalue weighted by Gasteiger charge is 2.29. The fourth-order valence-corrected chi connectivity index (χ4v) is 6.91. The Morgan fingerprint density at radius 1 is 0.935 bits per heavy atom. The summed E-state index contributed by atoms with van der Waals surface area (Å²) >= 11 is 1.87. The molecule has 4 heterocycles. The van der Waals surface area contributed by atoms with E-state index in [1.165, 1.54) is 81.0 Å². The van der Waals surface area contributed by atoms with Crippen molar-refractivity contribution in [3.8, 4) is 0 Å². The van der Waals surface area contributed by atoms with Crippen molar-refractivity contribution in [2.45, 2.75) is 70.1 Å². The van der Waals surface area contributed by atoms with Crippen LogP contribution in [0, 0.1) is 5.92 Å². The predicted octanol–water partition coefficient (Wildman–Crippen LogP) is 3.62. The summed E-state index contributed by atoms with van der Waals surface area (Å²) in [6.45, 7) is 10.4. The van der Waals surface area contributed by atoms with E-state index in [-0.39, 0.29) is 0 Å². The van der Waals surface area contributed by atoms with E-state index >= 15 is 0 Å². The molecule has 1 aromatic heterocycles. The molecule has 1 saturated carbocycles. The lowest BCUT2D eigenvalue weighted by Gasteiger charge is -2.38. The van der Waals surface area contributed by atoms with Crippen LogP contribution in [0.1, 0.15) is 56.2 Å². The highest BCUT2D eigenvalue weighted by Crippen LogP contribution is 2.30. The number of nitrogens with zero attached hydrogens (tertiary/aromatic N) is 4. The Balaban J connectivity index is 1.16. The molecular formula is C24H40N4O2S. The number of thiazole rings is 1. The molecule has 1 aliphatic carbocycles. The van der Waals surface area contributed by atoms with Crippen LogP contribution in [-0.4, -0.2) is 86.0 Å². The average Bonchev–Trinajstić information content (AvgIpc) is 3.58. The average molecular weight is 449 g/mol. The van der Waals surface area contributed by atoms with Gasteiger partial charge in [-0.2, -0.15) is 0 Å². The van der Waals surface area contributed by atoms with Gasteiger partial charge in [-0.1, -0.05) is 12.8 Å². The van der Waals surface area contributed by atoms with Crippen molar-refractivity contribution in [2.24, 2.45) is 5.92 Å². The van der Waals surface area contributed by atoms with Crippen LogP contribution in [-0.2, 0) is 16.0 Å². The van der Waals surface area contributed by atoms with Crippen LogP contribution >= 0.6 is 11.3 Å². The van der Waals surface area contributed by atoms with Crippen LogP contribution in [0.2, 0.25) is 0 Å². The normalized spacial score (nSPS) is 27.0. The van der Waals surface area contributed by atoms with Crippen molar-refractivity contribution in [2.75, 3.05) is 64.0 Å². The molecule has 4 fully saturated rings. The molecule has 174 valence electrons. The first-order valence-corrected chi connectivity index (χ1v) is 13.5. The summed E-state index contributed by atoms with van der Waals surface area (Å²) in [4.78, 5) is 14.0. The second-order valence-electron chi connectivity index (χ2n) is 9.96. The van der Waals surface area contributed by atoms with Crippen LogP contribution in [0.15, 0.2) is 6.20 Å². The fraction of sp³-hybridized carbons (Fsp3) is 0.875. The van der Waals surface area contributed by atoms with Crippen LogP contribution in [0.3, 0.4) is 0 Å². The minimum Gasteiger partial charge on any atom is -0.378 e. The van der Waals surface area contributed by atoms with Crippen LogP contribution in [0.4, 0.5) is 5.13 Å². The van der Waals surface area contributed by atoms with Crippen LogP contribution in [0.5, 0.6) is 0 Å². The first kappa shape index (κ1) is 22.1. The van der Waals surface area contributed by atoms with Gasteiger partial charge in [-0.05, 0) is 57.5 Å². The topological polar surface area (TPSA) is 41.1 Å². The molecule has 3 aliphatic heterocycles. The molecule has 0 bridgehead atoms. The summed E-state index contributed by atoms with van der Waals surface area (Å²) in [7, 11) is 0. The lowest BCUT2D eigenvalue weighted by molar-refractivity contribution is 0.0543. The van der Waals surface area contributed by atoms with E-state index in [0.717, 1.165) is 58.0 Å². The zero-order valence-electron chi connectivity index (χ0n) is 19.1. The quantitative estimate of drug-likeness (QED) is 0.605. The first-order chi connectivity index (χ1) is 15.3. The minimum atomic E-state index is 0.421. The van der Waals surface area contributed by atoms with E-state index in [1.54, 1.807) is 0 Å². The highest BCUT2D eigenvalue weighted by molar-refractivity contribution is 7.15. The molecule has 1 atom stereocenters. The number of likely N-dealkylation sites (tertiary alicyclic amines) is 1. The zero-order valence-corrected chi connectivity index (χ0v) is 19.9. The third-order valence-corrected chi connectivity index (χ3v) is 8.74. The Hall–Kier alpha value is -0.730. The fourth-order valence-electron chi connectivity index (χ4n) is 5.91. The Morgan fingerprint density at radius 3 is 2.48 bits per heavy atom. The van der Waals surface area contributed by atoms with Gasteiger partial charge in [0.2, 0.25) is 0 Å². The molecule has 1 unspecified atom stereocenters. The lowest BCUT2D eigenvalue weighted by atomic mass is 9.94. The molecule has 31 heavy (non-hydrogen) atoms. The van der Waals surface area contributed by atoms with Gasteiger partial charge in [0.15, 0.2) is 5.13 Å². The first-order valence-electron chi connectivity index (χ1n) is 12.7. The van der Waals surface area contributed by atoms with Gasteiger partial charge >= 0.3 is 0 Å². The summed E-state index contributed by atoms with van der Waals surface area (Å²) in [5, 5.41) is 1.17. The third kappa shape index (κ3) is 5.99. The van der Waals surface area contributed by atoms with Gasteiger partial charge in [0.1, 0.15) is 0 Å². The maximum Gasteiger partial charge on any atom is 0.185 e. The number of hydrogen-bond donors (Lipinski definition) is 0. The van der Waals surface area contributed by atoms with Crippen molar-refractivity contribution < 1.29 is 9.47 Å². The summed E-state index contributed by atoms with van der Waals surface area (Å²) in [6, 6.07) is 0.889. The van der Waals surface area contributed by atoms with E-state index in [1.807, 2.05) is 11.3 Å². The van der Waals surface area contributed by atoms with Crippen molar-refractivity contribution in [3.05, 3.63) is 11.1 Å². The standard InChI is InChI=1S/C24H40N4O2S/c1-2-5-21(4-1)27-9-7-20(8-10-27)17-26(18-22-6-3-13-30-22)19-23-16-25-24(31-23)28-11-14-29-15-12-28/h16,20-22H,1-15,17-19H2. The van der Waals surface area contributed by atoms with Gasteiger partial charge in [0.05, 0.1) is 19.3 Å². The van der Waals surface area contributed by atoms with Crippen molar-refractivity contribution in [3.63, 3.8) is 0 Å². The molecule has 0 radical (unpaired) electrons. The number of ether oxygens (including phenoxy) is 2. The van der Waals surface area contributed by atoms with Crippen molar-refractivity contribution in [1.82, 2.24) is 14.8 Å². The number of anilines is 1. The number of aromatic nitrogens is 1. The number of hydrogen-bond acceptors (Lipinski definition) is 7. The smallest absolute Gasteiger partial charge is 0.185 e. The van der Waals surface area contributed by atoms with Gasteiger partial charge in [-0.25, -0.2) is 4.98 Å². The third-order valence-electron chi connectivity index (χ3n) is 7.69. The molecule has 3 saturated heterocycles. The summed E-state index contributed by atoms with van der Waals surface area (Å²) in [5.74, 6) is 0.825. The maximum absolute atomic E-state index is 6.01. The van der Waals surface area contributed by atoms with Crippen molar-refractivity contribution in [1.29, 1.82) is 0 Å². The molecule has 0 aromatic carbocycles. The molecule has 1 aromatic rings. The molecule has 0 amide bonds. The van der Waals surface area contributed by atoms with E-state index in [9.17, 15) is 0 Å². The van der Waals surface area contributed by atoms with E-state index in [2.05, 4.69) is 20.9 Å². The lowest BCUT2D eigenvalue weighted by Crippen LogP contribution is -2.43. The highest BCUT2D eigenvalue weighted by atomic mass is 32.1. The van der Waals surface area contributed by atoms with Gasteiger partial charge in [0, 0.05) is 56.4 Å². The molecule has 0 spiro atoms. The Bertz CT molecular complexity index is 660. The molecule has 7 heteroatoms. The predicted molar refractivity (Wildman–Crippen MR) is 126 cm³/mol. The zero-order chi connectivity index (χ0) is 20.9.